The normalized spacial score (nSPS) is 11.8. The zero-order valence-electron chi connectivity index (χ0n) is 13.9. The molecule has 8 nitrogen and oxygen atoms in total. The lowest BCUT2D eigenvalue weighted by molar-refractivity contribution is -0.384. The van der Waals surface area contributed by atoms with E-state index in [2.05, 4.69) is 10.4 Å². The largest absolute Gasteiger partial charge is 0.387 e. The maximum atomic E-state index is 12.4. The van der Waals surface area contributed by atoms with E-state index in [-0.39, 0.29) is 22.9 Å². The number of aliphatic hydroxyl groups excluding tert-OH is 1. The number of benzene rings is 2. The molecule has 2 N–H and O–H groups in total. The molecule has 0 aliphatic heterocycles. The van der Waals surface area contributed by atoms with E-state index in [0.29, 0.717) is 11.3 Å². The van der Waals surface area contributed by atoms with Crippen molar-refractivity contribution < 1.29 is 10.0 Å². The fourth-order valence-electron chi connectivity index (χ4n) is 2.45. The van der Waals surface area contributed by atoms with Crippen LogP contribution in [0.25, 0.3) is 5.69 Å². The van der Waals surface area contributed by atoms with Crippen LogP contribution in [0, 0.1) is 10.1 Å². The van der Waals surface area contributed by atoms with Crippen LogP contribution in [0.1, 0.15) is 11.7 Å². The number of aromatic nitrogens is 2. The van der Waals surface area contributed by atoms with Crippen LogP contribution in [-0.4, -0.2) is 26.4 Å². The van der Waals surface area contributed by atoms with E-state index in [0.717, 1.165) is 0 Å². The van der Waals surface area contributed by atoms with Gasteiger partial charge in [0.2, 0.25) is 0 Å². The van der Waals surface area contributed by atoms with Gasteiger partial charge in [0.15, 0.2) is 0 Å². The number of anilines is 1. The highest BCUT2D eigenvalue weighted by atomic mass is 35.5. The summed E-state index contributed by atoms with van der Waals surface area (Å²) >= 11 is 6.14. The molecule has 1 heterocycles. The van der Waals surface area contributed by atoms with Crippen molar-refractivity contribution in [3.05, 3.63) is 91.8 Å². The van der Waals surface area contributed by atoms with E-state index < -0.39 is 16.6 Å². The fraction of sp³-hybridized carbons (Fsp3) is 0.111. The van der Waals surface area contributed by atoms with Gasteiger partial charge in [-0.3, -0.25) is 14.9 Å². The third-order valence-electron chi connectivity index (χ3n) is 3.89. The number of halogens is 1. The Hall–Kier alpha value is -3.23. The smallest absolute Gasteiger partial charge is 0.292 e. The molecule has 0 amide bonds. The summed E-state index contributed by atoms with van der Waals surface area (Å²) in [5.74, 6) is 0. The first-order valence-electron chi connectivity index (χ1n) is 7.97. The summed E-state index contributed by atoms with van der Waals surface area (Å²) in [5.41, 5.74) is 0.819. The molecule has 0 aliphatic rings. The van der Waals surface area contributed by atoms with Crippen molar-refractivity contribution in [1.29, 1.82) is 0 Å². The number of hydrogen-bond donors (Lipinski definition) is 2. The Balaban J connectivity index is 1.73. The number of rotatable bonds is 6. The second kappa shape index (κ2) is 7.98. The third kappa shape index (κ3) is 4.13. The summed E-state index contributed by atoms with van der Waals surface area (Å²) in [7, 11) is 0. The van der Waals surface area contributed by atoms with Crippen molar-refractivity contribution in [3.8, 4) is 5.69 Å². The summed E-state index contributed by atoms with van der Waals surface area (Å²) in [6, 6.07) is 14.4. The maximum Gasteiger partial charge on any atom is 0.292 e. The zero-order chi connectivity index (χ0) is 19.4. The number of hydrogen-bond acceptors (Lipinski definition) is 6. The quantitative estimate of drug-likeness (QED) is 0.497. The van der Waals surface area contributed by atoms with Crippen molar-refractivity contribution in [2.45, 2.75) is 6.10 Å². The van der Waals surface area contributed by atoms with Gasteiger partial charge < -0.3 is 10.4 Å². The first-order valence-corrected chi connectivity index (χ1v) is 8.34. The molecule has 0 unspecified atom stereocenters. The average molecular weight is 387 g/mol. The van der Waals surface area contributed by atoms with Crippen molar-refractivity contribution in [1.82, 2.24) is 9.78 Å². The van der Waals surface area contributed by atoms with E-state index in [1.807, 2.05) is 6.07 Å². The number of para-hydroxylation sites is 1. The van der Waals surface area contributed by atoms with Gasteiger partial charge in [-0.1, -0.05) is 29.8 Å². The molecular formula is C18H15ClN4O4. The van der Waals surface area contributed by atoms with Gasteiger partial charge in [0.05, 0.1) is 28.6 Å². The van der Waals surface area contributed by atoms with Crippen LogP contribution in [0.15, 0.2) is 65.6 Å². The molecule has 0 saturated heterocycles. The van der Waals surface area contributed by atoms with Gasteiger partial charge in [-0.2, -0.15) is 9.78 Å². The van der Waals surface area contributed by atoms with Crippen molar-refractivity contribution in [3.63, 3.8) is 0 Å². The minimum absolute atomic E-state index is 0.0496. The highest BCUT2D eigenvalue weighted by Gasteiger charge is 2.14. The lowest BCUT2D eigenvalue weighted by Crippen LogP contribution is -2.23. The highest BCUT2D eigenvalue weighted by molar-refractivity contribution is 6.32. The van der Waals surface area contributed by atoms with Gasteiger partial charge in [0, 0.05) is 18.7 Å². The maximum absolute atomic E-state index is 12.4. The molecule has 0 bridgehead atoms. The zero-order valence-corrected chi connectivity index (χ0v) is 14.7. The number of aliphatic hydroxyl groups is 1. The predicted octanol–water partition coefficient (Wildman–Crippen LogP) is 2.94. The summed E-state index contributed by atoms with van der Waals surface area (Å²) in [6.45, 7) is 0.0496. The summed E-state index contributed by atoms with van der Waals surface area (Å²) < 4.78 is 1.18. The van der Waals surface area contributed by atoms with Gasteiger partial charge in [-0.15, -0.1) is 0 Å². The Labute approximate surface area is 158 Å². The molecule has 27 heavy (non-hydrogen) atoms. The standard InChI is InChI=1S/C18H15ClN4O4/c19-17-15(10-21-22(18(17)25)13-4-2-1-3-5-13)20-11-16(24)12-6-8-14(9-7-12)23(26)27/h1-10,16,20,24H,11H2/t16-/m0/s1. The second-order valence-electron chi connectivity index (χ2n) is 5.67. The molecule has 138 valence electrons. The molecule has 0 radical (unpaired) electrons. The number of nitrogens with one attached hydrogen (secondary N) is 1. The molecule has 1 atom stereocenters. The van der Waals surface area contributed by atoms with Gasteiger partial charge in [-0.05, 0) is 29.8 Å². The molecular weight excluding hydrogens is 372 g/mol. The fourth-order valence-corrected chi connectivity index (χ4v) is 2.65. The van der Waals surface area contributed by atoms with Crippen LogP contribution in [0.5, 0.6) is 0 Å². The van der Waals surface area contributed by atoms with Crippen molar-refractivity contribution in [2.75, 3.05) is 11.9 Å². The van der Waals surface area contributed by atoms with Crippen LogP contribution in [0.3, 0.4) is 0 Å². The minimum atomic E-state index is -0.946. The van der Waals surface area contributed by atoms with Gasteiger partial charge in [0.25, 0.3) is 11.2 Å². The Morgan fingerprint density at radius 3 is 2.48 bits per heavy atom. The Kier molecular flexibility index (Phi) is 5.49. The summed E-state index contributed by atoms with van der Waals surface area (Å²) in [4.78, 5) is 22.6. The highest BCUT2D eigenvalue weighted by Crippen LogP contribution is 2.21. The lowest BCUT2D eigenvalue weighted by atomic mass is 10.1. The number of non-ortho nitro benzene ring substituents is 1. The summed E-state index contributed by atoms with van der Waals surface area (Å²) in [6.07, 6.45) is 0.456. The lowest BCUT2D eigenvalue weighted by Gasteiger charge is -2.14. The summed E-state index contributed by atoms with van der Waals surface area (Å²) in [5, 5.41) is 27.8. The second-order valence-corrected chi connectivity index (χ2v) is 6.05. The average Bonchev–Trinajstić information content (AvgIpc) is 2.69. The van der Waals surface area contributed by atoms with E-state index in [9.17, 15) is 20.0 Å². The Bertz CT molecular complexity index is 1010. The number of nitrogens with zero attached hydrogens (tertiary/aromatic N) is 3. The van der Waals surface area contributed by atoms with E-state index in [1.54, 1.807) is 24.3 Å². The van der Waals surface area contributed by atoms with Gasteiger partial charge in [0.1, 0.15) is 5.02 Å². The first-order chi connectivity index (χ1) is 13.0. The topological polar surface area (TPSA) is 110 Å². The SMILES string of the molecule is O=c1c(Cl)c(NC[C@H](O)c2ccc([N+](=O)[O-])cc2)cnn1-c1ccccc1. The Morgan fingerprint density at radius 2 is 1.85 bits per heavy atom. The van der Waals surface area contributed by atoms with Gasteiger partial charge in [-0.25, -0.2) is 0 Å². The third-order valence-corrected chi connectivity index (χ3v) is 4.26. The van der Waals surface area contributed by atoms with Crippen molar-refractivity contribution in [2.24, 2.45) is 0 Å². The van der Waals surface area contributed by atoms with E-state index >= 15 is 0 Å². The van der Waals surface area contributed by atoms with E-state index in [1.165, 1.54) is 35.1 Å². The first kappa shape index (κ1) is 18.6. The van der Waals surface area contributed by atoms with Crippen LogP contribution >= 0.6 is 11.6 Å². The number of nitro groups is 1. The van der Waals surface area contributed by atoms with Crippen LogP contribution in [0.4, 0.5) is 11.4 Å². The Morgan fingerprint density at radius 1 is 1.19 bits per heavy atom. The number of nitro benzene ring substituents is 1. The molecule has 3 aromatic rings. The van der Waals surface area contributed by atoms with Crippen molar-refractivity contribution >= 4 is 23.0 Å². The molecule has 0 fully saturated rings. The molecule has 3 rings (SSSR count). The molecule has 1 aromatic heterocycles. The molecule has 9 heteroatoms. The monoisotopic (exact) mass is 386 g/mol. The molecule has 0 saturated carbocycles. The van der Waals surface area contributed by atoms with E-state index in [4.69, 9.17) is 11.6 Å². The minimum Gasteiger partial charge on any atom is -0.387 e. The molecule has 0 aliphatic carbocycles. The van der Waals surface area contributed by atoms with Crippen LogP contribution < -0.4 is 10.9 Å². The molecule has 0 spiro atoms. The molecule has 2 aromatic carbocycles. The van der Waals surface area contributed by atoms with Crippen LogP contribution in [0.2, 0.25) is 5.02 Å². The van der Waals surface area contributed by atoms with Crippen LogP contribution in [-0.2, 0) is 0 Å². The van der Waals surface area contributed by atoms with Gasteiger partial charge >= 0.3 is 0 Å². The predicted molar refractivity (Wildman–Crippen MR) is 101 cm³/mol.